The van der Waals surface area contributed by atoms with E-state index in [4.69, 9.17) is 9.47 Å². The number of benzene rings is 1. The highest BCUT2D eigenvalue weighted by molar-refractivity contribution is 7.14. The van der Waals surface area contributed by atoms with E-state index in [2.05, 4.69) is 34.4 Å². The molecule has 1 aliphatic heterocycles. The maximum absolute atomic E-state index is 12.5. The van der Waals surface area contributed by atoms with Crippen LogP contribution in [0.15, 0.2) is 29.6 Å². The molecule has 1 saturated heterocycles. The van der Waals surface area contributed by atoms with Gasteiger partial charge in [-0.2, -0.15) is 0 Å². The minimum absolute atomic E-state index is 0.203. The van der Waals surface area contributed by atoms with Gasteiger partial charge in [-0.1, -0.05) is 0 Å². The van der Waals surface area contributed by atoms with Crippen molar-refractivity contribution in [1.29, 1.82) is 0 Å². The molecule has 1 aliphatic rings. The van der Waals surface area contributed by atoms with Crippen LogP contribution in [-0.4, -0.2) is 52.8 Å². The van der Waals surface area contributed by atoms with Crippen molar-refractivity contribution in [2.45, 2.75) is 59.0 Å². The summed E-state index contributed by atoms with van der Waals surface area (Å²) < 4.78 is 11.0. The smallest absolute Gasteiger partial charge is 0.412 e. The summed E-state index contributed by atoms with van der Waals surface area (Å²) in [5, 5.41) is 8.01. The van der Waals surface area contributed by atoms with Crippen molar-refractivity contribution in [3.05, 3.63) is 40.9 Å². The Hall–Kier alpha value is -2.49. The molecular weight excluding hydrogens is 416 g/mol. The van der Waals surface area contributed by atoms with Crippen LogP contribution in [0.3, 0.4) is 0 Å². The first-order valence-electron chi connectivity index (χ1n) is 10.3. The molecule has 1 aromatic heterocycles. The Morgan fingerprint density at radius 3 is 2.42 bits per heavy atom. The van der Waals surface area contributed by atoms with Gasteiger partial charge in [0, 0.05) is 36.3 Å². The lowest BCUT2D eigenvalue weighted by molar-refractivity contribution is -0.0707. The first-order chi connectivity index (χ1) is 14.6. The summed E-state index contributed by atoms with van der Waals surface area (Å²) in [7, 11) is 0. The van der Waals surface area contributed by atoms with Crippen molar-refractivity contribution in [3.63, 3.8) is 0 Å². The number of rotatable bonds is 5. The number of carbonyl (C=O) groups is 2. The van der Waals surface area contributed by atoms with Crippen LogP contribution in [0.1, 0.15) is 50.7 Å². The van der Waals surface area contributed by atoms with Crippen molar-refractivity contribution in [2.75, 3.05) is 23.7 Å². The van der Waals surface area contributed by atoms with Gasteiger partial charge in [-0.15, -0.1) is 11.3 Å². The normalized spacial score (nSPS) is 19.6. The average molecular weight is 447 g/mol. The predicted molar refractivity (Wildman–Crippen MR) is 122 cm³/mol. The fourth-order valence-electron chi connectivity index (χ4n) is 3.38. The van der Waals surface area contributed by atoms with Gasteiger partial charge in [-0.3, -0.25) is 20.3 Å². The molecule has 1 fully saturated rings. The van der Waals surface area contributed by atoms with E-state index >= 15 is 0 Å². The largest absolute Gasteiger partial charge is 0.444 e. The molecule has 0 spiro atoms. The van der Waals surface area contributed by atoms with E-state index in [1.807, 2.05) is 5.38 Å². The molecule has 2 unspecified atom stereocenters. The zero-order valence-corrected chi connectivity index (χ0v) is 19.4. The van der Waals surface area contributed by atoms with Crippen LogP contribution >= 0.6 is 11.3 Å². The second-order valence-corrected chi connectivity index (χ2v) is 9.61. The maximum Gasteiger partial charge on any atom is 0.412 e. The summed E-state index contributed by atoms with van der Waals surface area (Å²) in [6, 6.07) is 6.61. The van der Waals surface area contributed by atoms with E-state index in [1.54, 1.807) is 45.0 Å². The minimum Gasteiger partial charge on any atom is -0.444 e. The zero-order chi connectivity index (χ0) is 22.6. The highest BCUT2D eigenvalue weighted by Gasteiger charge is 2.23. The number of nitrogens with zero attached hydrogens (tertiary/aromatic N) is 2. The average Bonchev–Trinajstić information content (AvgIpc) is 3.06. The molecule has 2 aromatic rings. The summed E-state index contributed by atoms with van der Waals surface area (Å²) in [4.78, 5) is 31.2. The standard InChI is InChI=1S/C22H30N4O4S/c1-14-10-26(11-15(2)29-14)12-18-13-31-20(23-18)25-19(27)16-6-8-17(9-7-16)24-21(28)30-22(3,4)5/h6-9,13-15H,10-12H2,1-5H3,(H,24,28)(H,23,25,27). The van der Waals surface area contributed by atoms with Crippen LogP contribution in [0, 0.1) is 0 Å². The van der Waals surface area contributed by atoms with Gasteiger partial charge < -0.3 is 9.47 Å². The summed E-state index contributed by atoms with van der Waals surface area (Å²) >= 11 is 1.41. The second kappa shape index (κ2) is 9.76. The molecular formula is C22H30N4O4S. The molecule has 0 bridgehead atoms. The van der Waals surface area contributed by atoms with Crippen molar-refractivity contribution in [2.24, 2.45) is 0 Å². The minimum atomic E-state index is -0.575. The first kappa shape index (κ1) is 23.2. The Morgan fingerprint density at radius 1 is 1.16 bits per heavy atom. The van der Waals surface area contributed by atoms with Crippen molar-refractivity contribution >= 4 is 34.2 Å². The monoisotopic (exact) mass is 446 g/mol. The number of amides is 2. The topological polar surface area (TPSA) is 92.8 Å². The van der Waals surface area contributed by atoms with Crippen LogP contribution in [0.5, 0.6) is 0 Å². The zero-order valence-electron chi connectivity index (χ0n) is 18.6. The summed E-state index contributed by atoms with van der Waals surface area (Å²) in [5.74, 6) is -0.252. The predicted octanol–water partition coefficient (Wildman–Crippen LogP) is 4.35. The number of ether oxygens (including phenoxy) is 2. The number of nitrogens with one attached hydrogen (secondary N) is 2. The van der Waals surface area contributed by atoms with Crippen LogP contribution in [0.25, 0.3) is 0 Å². The molecule has 9 heteroatoms. The molecule has 0 radical (unpaired) electrons. The summed E-state index contributed by atoms with van der Waals surface area (Å²) in [6.45, 7) is 12.0. The van der Waals surface area contributed by atoms with Gasteiger partial charge in [0.05, 0.1) is 17.9 Å². The molecule has 168 valence electrons. The van der Waals surface area contributed by atoms with Crippen LogP contribution in [-0.2, 0) is 16.0 Å². The van der Waals surface area contributed by atoms with Gasteiger partial charge >= 0.3 is 6.09 Å². The van der Waals surface area contributed by atoms with E-state index in [9.17, 15) is 9.59 Å². The number of hydrogen-bond donors (Lipinski definition) is 2. The third-order valence-corrected chi connectivity index (χ3v) is 5.25. The number of thiazole rings is 1. The quantitative estimate of drug-likeness (QED) is 0.709. The Balaban J connectivity index is 1.53. The second-order valence-electron chi connectivity index (χ2n) is 8.75. The molecule has 2 N–H and O–H groups in total. The van der Waals surface area contributed by atoms with Gasteiger partial charge in [0.25, 0.3) is 5.91 Å². The van der Waals surface area contributed by atoms with E-state index in [0.717, 1.165) is 25.3 Å². The SMILES string of the molecule is CC1CN(Cc2csc(NC(=O)c3ccc(NC(=O)OC(C)(C)C)cc3)n2)CC(C)O1. The third-order valence-electron chi connectivity index (χ3n) is 4.45. The summed E-state index contributed by atoms with van der Waals surface area (Å²) in [6.07, 6.45) is -0.132. The molecule has 8 nitrogen and oxygen atoms in total. The number of morpholine rings is 1. The van der Waals surface area contributed by atoms with Crippen LogP contribution in [0.4, 0.5) is 15.6 Å². The highest BCUT2D eigenvalue weighted by atomic mass is 32.1. The van der Waals surface area contributed by atoms with Gasteiger partial charge in [0.15, 0.2) is 5.13 Å². The molecule has 1 aromatic carbocycles. The maximum atomic E-state index is 12.5. The Kier molecular flexibility index (Phi) is 7.30. The lowest BCUT2D eigenvalue weighted by Crippen LogP contribution is -2.44. The lowest BCUT2D eigenvalue weighted by atomic mass is 10.2. The van der Waals surface area contributed by atoms with Gasteiger partial charge in [-0.05, 0) is 58.9 Å². The fraction of sp³-hybridized carbons (Fsp3) is 0.500. The van der Waals surface area contributed by atoms with Crippen LogP contribution in [0.2, 0.25) is 0 Å². The van der Waals surface area contributed by atoms with Crippen molar-refractivity contribution < 1.29 is 19.1 Å². The molecule has 31 heavy (non-hydrogen) atoms. The van der Waals surface area contributed by atoms with E-state index in [0.29, 0.717) is 16.4 Å². The third kappa shape index (κ3) is 7.30. The molecule has 2 amide bonds. The van der Waals surface area contributed by atoms with Crippen molar-refractivity contribution in [1.82, 2.24) is 9.88 Å². The van der Waals surface area contributed by atoms with Gasteiger partial charge in [-0.25, -0.2) is 9.78 Å². The molecule has 2 atom stereocenters. The van der Waals surface area contributed by atoms with E-state index in [-0.39, 0.29) is 18.1 Å². The first-order valence-corrected chi connectivity index (χ1v) is 11.2. The lowest BCUT2D eigenvalue weighted by Gasteiger charge is -2.34. The van der Waals surface area contributed by atoms with E-state index < -0.39 is 11.7 Å². The molecule has 0 saturated carbocycles. The highest BCUT2D eigenvalue weighted by Crippen LogP contribution is 2.20. The fourth-order valence-corrected chi connectivity index (χ4v) is 4.07. The Morgan fingerprint density at radius 2 is 1.81 bits per heavy atom. The van der Waals surface area contributed by atoms with Gasteiger partial charge in [0.2, 0.25) is 0 Å². The number of anilines is 2. The molecule has 2 heterocycles. The summed E-state index contributed by atoms with van der Waals surface area (Å²) in [5.41, 5.74) is 1.38. The molecule has 3 rings (SSSR count). The Bertz CT molecular complexity index is 897. The van der Waals surface area contributed by atoms with Gasteiger partial charge in [0.1, 0.15) is 5.60 Å². The number of hydrogen-bond acceptors (Lipinski definition) is 7. The van der Waals surface area contributed by atoms with Crippen molar-refractivity contribution in [3.8, 4) is 0 Å². The Labute approximate surface area is 186 Å². The molecule has 0 aliphatic carbocycles. The van der Waals surface area contributed by atoms with E-state index in [1.165, 1.54) is 11.3 Å². The number of carbonyl (C=O) groups excluding carboxylic acids is 2. The van der Waals surface area contributed by atoms with Crippen LogP contribution < -0.4 is 10.6 Å². The number of aromatic nitrogens is 1.